The Labute approximate surface area is 123 Å². The number of rotatable bonds is 3. The van der Waals surface area contributed by atoms with Crippen LogP contribution in [0.25, 0.3) is 11.1 Å². The summed E-state index contributed by atoms with van der Waals surface area (Å²) in [6.07, 6.45) is 1.37. The number of ether oxygens (including phenoxy) is 1. The van der Waals surface area contributed by atoms with Gasteiger partial charge in [0.1, 0.15) is 0 Å². The van der Waals surface area contributed by atoms with Crippen molar-refractivity contribution in [3.8, 4) is 0 Å². The average molecular weight is 308 g/mol. The molecule has 3 aromatic rings. The SMILES string of the molecule is COC(=O)c1occc1Cn1c(=O)oc2cc(Cl)ccc21. The van der Waals surface area contributed by atoms with Crippen LogP contribution in [0, 0.1) is 0 Å². The first-order chi connectivity index (χ1) is 10.1. The van der Waals surface area contributed by atoms with Crippen molar-refractivity contribution in [3.63, 3.8) is 0 Å². The van der Waals surface area contributed by atoms with Gasteiger partial charge in [-0.15, -0.1) is 0 Å². The molecule has 0 atom stereocenters. The molecule has 3 rings (SSSR count). The van der Waals surface area contributed by atoms with E-state index in [2.05, 4.69) is 4.74 Å². The molecular weight excluding hydrogens is 298 g/mol. The van der Waals surface area contributed by atoms with Crippen LogP contribution in [0.15, 0.2) is 44.2 Å². The van der Waals surface area contributed by atoms with Crippen molar-refractivity contribution in [1.82, 2.24) is 4.57 Å². The highest BCUT2D eigenvalue weighted by molar-refractivity contribution is 6.31. The fourth-order valence-corrected chi connectivity index (χ4v) is 2.25. The van der Waals surface area contributed by atoms with E-state index < -0.39 is 11.7 Å². The van der Waals surface area contributed by atoms with Crippen LogP contribution >= 0.6 is 11.6 Å². The van der Waals surface area contributed by atoms with Gasteiger partial charge in [-0.25, -0.2) is 9.59 Å². The van der Waals surface area contributed by atoms with Crippen LogP contribution in [0.1, 0.15) is 16.1 Å². The van der Waals surface area contributed by atoms with Crippen molar-refractivity contribution >= 4 is 28.7 Å². The second kappa shape index (κ2) is 5.14. The minimum Gasteiger partial charge on any atom is -0.463 e. The molecule has 6 nitrogen and oxygen atoms in total. The van der Waals surface area contributed by atoms with Gasteiger partial charge in [-0.3, -0.25) is 4.57 Å². The number of nitrogens with zero attached hydrogens (tertiary/aromatic N) is 1. The second-order valence-electron chi connectivity index (χ2n) is 4.33. The number of carbonyl (C=O) groups is 1. The average Bonchev–Trinajstić information content (AvgIpc) is 3.03. The molecule has 0 unspecified atom stereocenters. The van der Waals surface area contributed by atoms with Crippen LogP contribution in [0.4, 0.5) is 0 Å². The van der Waals surface area contributed by atoms with E-state index in [0.29, 0.717) is 21.7 Å². The Morgan fingerprint density at radius 2 is 2.19 bits per heavy atom. The highest BCUT2D eigenvalue weighted by atomic mass is 35.5. The summed E-state index contributed by atoms with van der Waals surface area (Å²) in [5.74, 6) is -1.07. The topological polar surface area (TPSA) is 74.6 Å². The lowest BCUT2D eigenvalue weighted by Gasteiger charge is -2.02. The first-order valence-corrected chi connectivity index (χ1v) is 6.41. The Hall–Kier alpha value is -2.47. The summed E-state index contributed by atoms with van der Waals surface area (Å²) >= 11 is 5.86. The highest BCUT2D eigenvalue weighted by Gasteiger charge is 2.18. The third-order valence-electron chi connectivity index (χ3n) is 3.08. The number of benzene rings is 1. The van der Waals surface area contributed by atoms with Crippen molar-refractivity contribution in [1.29, 1.82) is 0 Å². The molecule has 7 heteroatoms. The van der Waals surface area contributed by atoms with Crippen molar-refractivity contribution < 1.29 is 18.4 Å². The van der Waals surface area contributed by atoms with Gasteiger partial charge in [0.15, 0.2) is 5.58 Å². The molecule has 108 valence electrons. The summed E-state index contributed by atoms with van der Waals surface area (Å²) in [4.78, 5) is 23.5. The van der Waals surface area contributed by atoms with Crippen LogP contribution in [0.2, 0.25) is 5.02 Å². The predicted molar refractivity (Wildman–Crippen MR) is 74.6 cm³/mol. The zero-order valence-electron chi connectivity index (χ0n) is 11.0. The smallest absolute Gasteiger partial charge is 0.420 e. The lowest BCUT2D eigenvalue weighted by molar-refractivity contribution is 0.0563. The van der Waals surface area contributed by atoms with Gasteiger partial charge in [-0.1, -0.05) is 11.6 Å². The van der Waals surface area contributed by atoms with Gasteiger partial charge in [0, 0.05) is 16.7 Å². The monoisotopic (exact) mass is 307 g/mol. The molecular formula is C14H10ClNO5. The standard InChI is InChI=1S/C14H10ClNO5/c1-19-13(17)12-8(4-5-20-12)7-16-10-3-2-9(15)6-11(10)21-14(16)18/h2-6H,7H2,1H3. The maximum Gasteiger partial charge on any atom is 0.420 e. The third kappa shape index (κ3) is 2.34. The number of furan rings is 1. The molecule has 1 aromatic carbocycles. The number of halogens is 1. The Kier molecular flexibility index (Phi) is 3.31. The van der Waals surface area contributed by atoms with E-state index in [1.54, 1.807) is 24.3 Å². The molecule has 0 aliphatic carbocycles. The largest absolute Gasteiger partial charge is 0.463 e. The normalized spacial score (nSPS) is 11.0. The summed E-state index contributed by atoms with van der Waals surface area (Å²) in [7, 11) is 1.26. The molecule has 0 spiro atoms. The molecule has 0 aliphatic heterocycles. The number of hydrogen-bond acceptors (Lipinski definition) is 5. The van der Waals surface area contributed by atoms with Crippen molar-refractivity contribution in [2.75, 3.05) is 7.11 Å². The highest BCUT2D eigenvalue weighted by Crippen LogP contribution is 2.20. The fourth-order valence-electron chi connectivity index (χ4n) is 2.09. The van der Waals surface area contributed by atoms with Crippen LogP contribution in [0.3, 0.4) is 0 Å². The molecule has 21 heavy (non-hydrogen) atoms. The van der Waals surface area contributed by atoms with Crippen LogP contribution in [-0.4, -0.2) is 17.6 Å². The quantitative estimate of drug-likeness (QED) is 0.695. The maximum absolute atomic E-state index is 11.9. The van der Waals surface area contributed by atoms with E-state index in [0.717, 1.165) is 0 Å². The Morgan fingerprint density at radius 1 is 1.38 bits per heavy atom. The summed E-state index contributed by atoms with van der Waals surface area (Å²) in [6.45, 7) is 0.133. The van der Waals surface area contributed by atoms with Gasteiger partial charge in [0.25, 0.3) is 0 Å². The van der Waals surface area contributed by atoms with E-state index in [1.165, 1.54) is 17.9 Å². The molecule has 0 fully saturated rings. The number of esters is 1. The van der Waals surface area contributed by atoms with Gasteiger partial charge < -0.3 is 13.6 Å². The molecule has 0 saturated heterocycles. The van der Waals surface area contributed by atoms with Gasteiger partial charge in [-0.2, -0.15) is 0 Å². The van der Waals surface area contributed by atoms with E-state index in [1.807, 2.05) is 0 Å². The molecule has 0 N–H and O–H groups in total. The number of carbonyl (C=O) groups excluding carboxylic acids is 1. The van der Waals surface area contributed by atoms with E-state index in [4.69, 9.17) is 20.4 Å². The Morgan fingerprint density at radius 3 is 2.95 bits per heavy atom. The number of fused-ring (bicyclic) bond motifs is 1. The second-order valence-corrected chi connectivity index (χ2v) is 4.77. The summed E-state index contributed by atoms with van der Waals surface area (Å²) in [6, 6.07) is 6.51. The minimum absolute atomic E-state index is 0.0627. The zero-order chi connectivity index (χ0) is 15.0. The minimum atomic E-state index is -0.598. The predicted octanol–water partition coefficient (Wildman–Crippen LogP) is 2.68. The molecule has 0 radical (unpaired) electrons. The van der Waals surface area contributed by atoms with Crippen LogP contribution in [-0.2, 0) is 11.3 Å². The third-order valence-corrected chi connectivity index (χ3v) is 3.31. The van der Waals surface area contributed by atoms with Crippen molar-refractivity contribution in [2.24, 2.45) is 0 Å². The molecule has 2 heterocycles. The molecule has 2 aromatic heterocycles. The molecule has 0 amide bonds. The van der Waals surface area contributed by atoms with Gasteiger partial charge in [-0.05, 0) is 18.2 Å². The molecule has 0 bridgehead atoms. The molecule has 0 saturated carbocycles. The summed E-state index contributed by atoms with van der Waals surface area (Å²) in [5, 5.41) is 0.474. The van der Waals surface area contributed by atoms with E-state index in [9.17, 15) is 9.59 Å². The lowest BCUT2D eigenvalue weighted by Crippen LogP contribution is -2.16. The number of hydrogen-bond donors (Lipinski definition) is 0. The van der Waals surface area contributed by atoms with Crippen molar-refractivity contribution in [3.05, 3.63) is 57.4 Å². The summed E-state index contributed by atoms with van der Waals surface area (Å²) < 4.78 is 16.2. The van der Waals surface area contributed by atoms with Crippen LogP contribution < -0.4 is 5.76 Å². The van der Waals surface area contributed by atoms with E-state index >= 15 is 0 Å². The summed E-state index contributed by atoms with van der Waals surface area (Å²) in [5.41, 5.74) is 1.50. The van der Waals surface area contributed by atoms with Gasteiger partial charge >= 0.3 is 11.7 Å². The van der Waals surface area contributed by atoms with Gasteiger partial charge in [0.2, 0.25) is 5.76 Å². The Balaban J connectivity index is 2.07. The number of aromatic nitrogens is 1. The number of oxazole rings is 1. The maximum atomic E-state index is 11.9. The fraction of sp³-hybridized carbons (Fsp3) is 0.143. The van der Waals surface area contributed by atoms with E-state index in [-0.39, 0.29) is 12.3 Å². The van der Waals surface area contributed by atoms with Crippen molar-refractivity contribution in [2.45, 2.75) is 6.54 Å². The van der Waals surface area contributed by atoms with Crippen LogP contribution in [0.5, 0.6) is 0 Å². The Bertz CT molecular complexity index is 873. The lowest BCUT2D eigenvalue weighted by atomic mass is 10.2. The number of methoxy groups -OCH3 is 1. The first-order valence-electron chi connectivity index (χ1n) is 6.03. The first kappa shape index (κ1) is 13.5. The molecule has 0 aliphatic rings. The zero-order valence-corrected chi connectivity index (χ0v) is 11.7. The van der Waals surface area contributed by atoms with Gasteiger partial charge in [0.05, 0.1) is 25.4 Å².